The average molecular weight is 326 g/mol. The lowest BCUT2D eigenvalue weighted by Gasteiger charge is -2.08. The molecule has 0 spiro atoms. The summed E-state index contributed by atoms with van der Waals surface area (Å²) < 4.78 is 0. The molecule has 0 radical (unpaired) electrons. The summed E-state index contributed by atoms with van der Waals surface area (Å²) in [7, 11) is 0. The van der Waals surface area contributed by atoms with E-state index in [1.807, 2.05) is 0 Å². The number of nitrogens with zero attached hydrogens (tertiary/aromatic N) is 2. The molecule has 0 aliphatic heterocycles. The van der Waals surface area contributed by atoms with Crippen LogP contribution < -0.4 is 5.32 Å². The van der Waals surface area contributed by atoms with E-state index in [-0.39, 0.29) is 27.3 Å². The van der Waals surface area contributed by atoms with Gasteiger partial charge in [-0.15, -0.1) is 0 Å². The number of benzene rings is 1. The lowest BCUT2D eigenvalue weighted by molar-refractivity contribution is 0.209. The molecule has 1 heterocycles. The van der Waals surface area contributed by atoms with E-state index in [1.165, 1.54) is 18.3 Å². The monoisotopic (exact) mass is 325 g/mol. The zero-order valence-electron chi connectivity index (χ0n) is 10.4. The van der Waals surface area contributed by atoms with E-state index in [2.05, 4.69) is 15.3 Å². The van der Waals surface area contributed by atoms with Gasteiger partial charge in [-0.3, -0.25) is 5.32 Å². The van der Waals surface area contributed by atoms with Gasteiger partial charge in [-0.2, -0.15) is 0 Å². The molecule has 0 aliphatic rings. The molecular weight excluding hydrogens is 317 g/mol. The molecule has 8 heteroatoms. The maximum absolute atomic E-state index is 10.7. The second-order valence-electron chi connectivity index (χ2n) is 3.88. The summed E-state index contributed by atoms with van der Waals surface area (Å²) >= 11 is 11.7. The highest BCUT2D eigenvalue weighted by atomic mass is 35.5. The molecule has 0 aliphatic carbocycles. The minimum absolute atomic E-state index is 0.0453. The molecule has 108 valence electrons. The first-order valence-corrected chi connectivity index (χ1v) is 6.41. The van der Waals surface area contributed by atoms with Crippen molar-refractivity contribution in [3.63, 3.8) is 0 Å². The largest absolute Gasteiger partial charge is 0.507 e. The quantitative estimate of drug-likeness (QED) is 0.587. The molecular formula is C13H9Cl2N3O3. The molecule has 0 unspecified atom stereocenters. The number of rotatable bonds is 3. The van der Waals surface area contributed by atoms with Crippen molar-refractivity contribution < 1.29 is 15.0 Å². The Bertz CT molecular complexity index is 720. The molecule has 2 aromatic rings. The Morgan fingerprint density at radius 2 is 2.00 bits per heavy atom. The van der Waals surface area contributed by atoms with Crippen LogP contribution >= 0.6 is 23.2 Å². The second-order valence-corrected chi connectivity index (χ2v) is 4.59. The van der Waals surface area contributed by atoms with Crippen LogP contribution in [0.3, 0.4) is 0 Å². The third-order valence-electron chi connectivity index (χ3n) is 2.45. The molecule has 0 fully saturated rings. The number of anilines is 1. The van der Waals surface area contributed by atoms with Crippen molar-refractivity contribution in [3.05, 3.63) is 52.0 Å². The van der Waals surface area contributed by atoms with Gasteiger partial charge in [0.2, 0.25) is 5.28 Å². The van der Waals surface area contributed by atoms with Gasteiger partial charge in [0.1, 0.15) is 5.76 Å². The van der Waals surface area contributed by atoms with Gasteiger partial charge < -0.3 is 10.2 Å². The fourth-order valence-electron chi connectivity index (χ4n) is 1.59. The molecule has 6 nitrogen and oxygen atoms in total. The number of amides is 1. The fourth-order valence-corrected chi connectivity index (χ4v) is 2.01. The summed E-state index contributed by atoms with van der Waals surface area (Å²) in [6, 6.07) is 6.14. The van der Waals surface area contributed by atoms with Crippen LogP contribution in [0, 0.1) is 0 Å². The SMILES string of the molecule is O=C(O)Nc1cccc(C(O)=Cc2ccnc(Cl)n2)c1Cl. The van der Waals surface area contributed by atoms with E-state index in [0.29, 0.717) is 5.69 Å². The lowest BCUT2D eigenvalue weighted by atomic mass is 10.1. The molecule has 3 N–H and O–H groups in total. The zero-order chi connectivity index (χ0) is 15.4. The van der Waals surface area contributed by atoms with Gasteiger partial charge in [-0.25, -0.2) is 14.8 Å². The van der Waals surface area contributed by atoms with Crippen LogP contribution in [0.5, 0.6) is 0 Å². The Balaban J connectivity index is 2.39. The third-order valence-corrected chi connectivity index (χ3v) is 3.04. The van der Waals surface area contributed by atoms with Gasteiger partial charge in [0.15, 0.2) is 0 Å². The maximum Gasteiger partial charge on any atom is 0.409 e. The molecule has 2 rings (SSSR count). The molecule has 0 bridgehead atoms. The first-order valence-electron chi connectivity index (χ1n) is 5.65. The van der Waals surface area contributed by atoms with Crippen molar-refractivity contribution in [2.24, 2.45) is 0 Å². The average Bonchev–Trinajstić information content (AvgIpc) is 2.40. The number of hydrogen-bond donors (Lipinski definition) is 3. The Morgan fingerprint density at radius 1 is 1.24 bits per heavy atom. The predicted molar refractivity (Wildman–Crippen MR) is 80.6 cm³/mol. The van der Waals surface area contributed by atoms with Crippen LogP contribution in [0.1, 0.15) is 11.3 Å². The van der Waals surface area contributed by atoms with Crippen molar-refractivity contribution in [2.75, 3.05) is 5.32 Å². The minimum atomic E-state index is -1.25. The smallest absolute Gasteiger partial charge is 0.409 e. The molecule has 1 amide bonds. The number of aromatic nitrogens is 2. The molecule has 21 heavy (non-hydrogen) atoms. The van der Waals surface area contributed by atoms with Crippen LogP contribution in [0.15, 0.2) is 30.5 Å². The fraction of sp³-hybridized carbons (Fsp3) is 0. The number of aliphatic hydroxyl groups is 1. The summed E-state index contributed by atoms with van der Waals surface area (Å²) in [5.74, 6) is -0.177. The number of carboxylic acid groups (broad SMARTS) is 1. The van der Waals surface area contributed by atoms with Gasteiger partial charge in [-0.1, -0.05) is 17.7 Å². The lowest BCUT2D eigenvalue weighted by Crippen LogP contribution is -2.08. The first-order chi connectivity index (χ1) is 9.97. The normalized spacial score (nSPS) is 11.2. The van der Waals surface area contributed by atoms with E-state index in [1.54, 1.807) is 18.2 Å². The molecule has 1 aromatic heterocycles. The highest BCUT2D eigenvalue weighted by Gasteiger charge is 2.11. The summed E-state index contributed by atoms with van der Waals surface area (Å²) in [6.07, 6.45) is 1.54. The zero-order valence-corrected chi connectivity index (χ0v) is 11.9. The summed E-state index contributed by atoms with van der Waals surface area (Å²) in [5, 5.41) is 21.1. The van der Waals surface area contributed by atoms with Crippen LogP contribution in [0.4, 0.5) is 10.5 Å². The summed E-state index contributed by atoms with van der Waals surface area (Å²) in [6.45, 7) is 0. The van der Waals surface area contributed by atoms with Gasteiger partial charge in [0, 0.05) is 17.8 Å². The highest BCUT2D eigenvalue weighted by Crippen LogP contribution is 2.30. The van der Waals surface area contributed by atoms with Crippen LogP contribution in [-0.2, 0) is 0 Å². The Hall–Kier alpha value is -2.31. The van der Waals surface area contributed by atoms with Crippen molar-refractivity contribution in [1.29, 1.82) is 0 Å². The third kappa shape index (κ3) is 3.84. The summed E-state index contributed by atoms with van der Waals surface area (Å²) in [4.78, 5) is 18.3. The van der Waals surface area contributed by atoms with E-state index in [9.17, 15) is 9.90 Å². The van der Waals surface area contributed by atoms with E-state index in [4.69, 9.17) is 28.3 Å². The Kier molecular flexibility index (Phi) is 4.62. The topological polar surface area (TPSA) is 95.3 Å². The predicted octanol–water partition coefficient (Wildman–Crippen LogP) is 3.93. The standard InChI is InChI=1S/C13H9Cl2N3O3/c14-11-8(2-1-3-9(11)18-13(20)21)10(19)6-7-4-5-16-12(15)17-7/h1-6,18-19H,(H,20,21). The molecule has 0 saturated carbocycles. The van der Waals surface area contributed by atoms with Gasteiger partial charge in [-0.05, 0) is 29.8 Å². The number of carbonyl (C=O) groups is 1. The Labute approximate surface area is 129 Å². The first kappa shape index (κ1) is 15.1. The number of aliphatic hydroxyl groups excluding tert-OH is 1. The Morgan fingerprint density at radius 3 is 2.67 bits per heavy atom. The van der Waals surface area contributed by atoms with Crippen LogP contribution in [0.2, 0.25) is 10.3 Å². The van der Waals surface area contributed by atoms with Crippen molar-refractivity contribution in [3.8, 4) is 0 Å². The number of nitrogens with one attached hydrogen (secondary N) is 1. The van der Waals surface area contributed by atoms with E-state index in [0.717, 1.165) is 0 Å². The van der Waals surface area contributed by atoms with Crippen LogP contribution in [0.25, 0.3) is 11.8 Å². The van der Waals surface area contributed by atoms with Crippen LogP contribution in [-0.4, -0.2) is 26.3 Å². The minimum Gasteiger partial charge on any atom is -0.507 e. The number of hydrogen-bond acceptors (Lipinski definition) is 4. The molecule has 1 aromatic carbocycles. The second kappa shape index (κ2) is 6.43. The van der Waals surface area contributed by atoms with Gasteiger partial charge in [0.05, 0.1) is 16.4 Å². The van der Waals surface area contributed by atoms with E-state index >= 15 is 0 Å². The highest BCUT2D eigenvalue weighted by molar-refractivity contribution is 6.35. The van der Waals surface area contributed by atoms with Gasteiger partial charge >= 0.3 is 6.09 Å². The molecule has 0 atom stereocenters. The number of halogens is 2. The van der Waals surface area contributed by atoms with E-state index < -0.39 is 6.09 Å². The van der Waals surface area contributed by atoms with Gasteiger partial charge in [0.25, 0.3) is 0 Å². The summed E-state index contributed by atoms with van der Waals surface area (Å²) in [5.41, 5.74) is 0.820. The molecule has 0 saturated heterocycles. The van der Waals surface area contributed by atoms with Crippen molar-refractivity contribution >= 4 is 46.8 Å². The van der Waals surface area contributed by atoms with Crippen molar-refractivity contribution in [1.82, 2.24) is 9.97 Å². The van der Waals surface area contributed by atoms with Crippen molar-refractivity contribution in [2.45, 2.75) is 0 Å². The maximum atomic E-state index is 10.7.